The molecule has 1 fully saturated rings. The van der Waals surface area contributed by atoms with E-state index >= 15 is 0 Å². The van der Waals surface area contributed by atoms with E-state index in [0.717, 1.165) is 19.3 Å². The quantitative estimate of drug-likeness (QED) is 0.904. The van der Waals surface area contributed by atoms with E-state index in [2.05, 4.69) is 43.4 Å². The van der Waals surface area contributed by atoms with Crippen LogP contribution in [-0.4, -0.2) is 17.8 Å². The van der Waals surface area contributed by atoms with Gasteiger partial charge in [-0.25, -0.2) is 0 Å². The minimum absolute atomic E-state index is 0.295. The maximum atomic E-state index is 9.27. The molecule has 96 valence electrons. The first kappa shape index (κ1) is 13.5. The summed E-state index contributed by atoms with van der Waals surface area (Å²) in [7, 11) is 1.90. The second-order valence-electron chi connectivity index (χ2n) is 5.20. The van der Waals surface area contributed by atoms with Crippen molar-refractivity contribution in [2.75, 3.05) is 7.05 Å². The Morgan fingerprint density at radius 1 is 1.44 bits per heavy atom. The molecule has 2 nitrogen and oxygen atoms in total. The van der Waals surface area contributed by atoms with E-state index in [0.29, 0.717) is 5.25 Å². The van der Waals surface area contributed by atoms with Crippen molar-refractivity contribution in [2.24, 2.45) is 0 Å². The van der Waals surface area contributed by atoms with Gasteiger partial charge < -0.3 is 5.32 Å². The van der Waals surface area contributed by atoms with Gasteiger partial charge in [-0.05, 0) is 51.8 Å². The third-order valence-corrected chi connectivity index (χ3v) is 5.23. The van der Waals surface area contributed by atoms with Crippen molar-refractivity contribution >= 4 is 11.8 Å². The Kier molecular flexibility index (Phi) is 3.99. The van der Waals surface area contributed by atoms with Gasteiger partial charge in [-0.15, -0.1) is 11.8 Å². The van der Waals surface area contributed by atoms with Crippen LogP contribution in [0.2, 0.25) is 0 Å². The average molecular weight is 260 g/mol. The summed E-state index contributed by atoms with van der Waals surface area (Å²) in [5.41, 5.74) is 2.36. The first-order chi connectivity index (χ1) is 8.58. The Labute approximate surface area is 114 Å². The van der Waals surface area contributed by atoms with E-state index in [1.165, 1.54) is 16.0 Å². The van der Waals surface area contributed by atoms with E-state index in [1.807, 2.05) is 18.8 Å². The molecular weight excluding hydrogens is 240 g/mol. The van der Waals surface area contributed by atoms with Crippen molar-refractivity contribution in [3.63, 3.8) is 0 Å². The van der Waals surface area contributed by atoms with Crippen molar-refractivity contribution in [3.8, 4) is 6.07 Å². The van der Waals surface area contributed by atoms with E-state index in [9.17, 15) is 5.26 Å². The molecule has 1 aromatic rings. The maximum Gasteiger partial charge on any atom is 0.107 e. The number of hydrogen-bond donors (Lipinski definition) is 1. The third kappa shape index (κ3) is 2.71. The van der Waals surface area contributed by atoms with Crippen LogP contribution in [0.15, 0.2) is 23.1 Å². The summed E-state index contributed by atoms with van der Waals surface area (Å²) in [5.74, 6) is 0. The molecule has 2 rings (SSSR count). The van der Waals surface area contributed by atoms with Gasteiger partial charge in [0.2, 0.25) is 0 Å². The van der Waals surface area contributed by atoms with Crippen LogP contribution in [0, 0.1) is 25.2 Å². The van der Waals surface area contributed by atoms with Gasteiger partial charge in [0.25, 0.3) is 0 Å². The van der Waals surface area contributed by atoms with Crippen LogP contribution in [0.1, 0.15) is 30.4 Å². The highest BCUT2D eigenvalue weighted by atomic mass is 32.2. The largest absolute Gasteiger partial charge is 0.302 e. The number of nitrogens with zero attached hydrogens (tertiary/aromatic N) is 1. The summed E-state index contributed by atoms with van der Waals surface area (Å²) in [6, 6.07) is 9.05. The number of nitriles is 1. The van der Waals surface area contributed by atoms with Crippen LogP contribution in [0.5, 0.6) is 0 Å². The van der Waals surface area contributed by atoms with E-state index in [4.69, 9.17) is 0 Å². The molecule has 0 amide bonds. The molecule has 1 N–H and O–H groups in total. The minimum Gasteiger partial charge on any atom is -0.302 e. The van der Waals surface area contributed by atoms with Crippen LogP contribution in [-0.2, 0) is 0 Å². The van der Waals surface area contributed by atoms with Crippen molar-refractivity contribution in [1.29, 1.82) is 5.26 Å². The predicted octanol–water partition coefficient (Wildman–Crippen LogP) is 3.43. The Morgan fingerprint density at radius 2 is 2.22 bits per heavy atom. The lowest BCUT2D eigenvalue weighted by Gasteiger charge is -2.19. The maximum absolute atomic E-state index is 9.27. The van der Waals surface area contributed by atoms with Gasteiger partial charge in [-0.3, -0.25) is 0 Å². The van der Waals surface area contributed by atoms with Crippen LogP contribution < -0.4 is 5.32 Å². The van der Waals surface area contributed by atoms with Crippen LogP contribution in [0.4, 0.5) is 0 Å². The SMILES string of the molecule is CNC1(C#N)CCC(Sc2ccc(C)cc2C)C1. The second-order valence-corrected chi connectivity index (χ2v) is 6.54. The van der Waals surface area contributed by atoms with E-state index in [-0.39, 0.29) is 5.54 Å². The normalized spacial score (nSPS) is 27.1. The van der Waals surface area contributed by atoms with Gasteiger partial charge in [0.1, 0.15) is 5.54 Å². The number of benzene rings is 1. The lowest BCUT2D eigenvalue weighted by Crippen LogP contribution is -2.38. The number of rotatable bonds is 3. The summed E-state index contributed by atoms with van der Waals surface area (Å²) in [6.07, 6.45) is 3.02. The molecule has 0 spiro atoms. The third-order valence-electron chi connectivity index (χ3n) is 3.79. The Hall–Kier alpha value is -0.980. The number of nitrogens with one attached hydrogen (secondary N) is 1. The molecule has 2 atom stereocenters. The molecule has 0 saturated heterocycles. The zero-order valence-electron chi connectivity index (χ0n) is 11.3. The van der Waals surface area contributed by atoms with Crippen LogP contribution in [0.25, 0.3) is 0 Å². The molecule has 2 unspecified atom stereocenters. The first-order valence-electron chi connectivity index (χ1n) is 6.43. The molecular formula is C15H20N2S. The predicted molar refractivity (Wildman–Crippen MR) is 76.8 cm³/mol. The molecule has 1 aliphatic carbocycles. The van der Waals surface area contributed by atoms with Gasteiger partial charge in [0.15, 0.2) is 0 Å². The highest BCUT2D eigenvalue weighted by molar-refractivity contribution is 8.00. The lowest BCUT2D eigenvalue weighted by molar-refractivity contribution is 0.464. The monoisotopic (exact) mass is 260 g/mol. The number of thioether (sulfide) groups is 1. The summed E-state index contributed by atoms with van der Waals surface area (Å²) in [6.45, 7) is 4.29. The Balaban J connectivity index is 2.06. The zero-order chi connectivity index (χ0) is 13.2. The molecule has 0 aliphatic heterocycles. The summed E-state index contributed by atoms with van der Waals surface area (Å²) in [5, 5.41) is 13.0. The van der Waals surface area contributed by atoms with Crippen molar-refractivity contribution < 1.29 is 0 Å². The fourth-order valence-electron chi connectivity index (χ4n) is 2.60. The van der Waals surface area contributed by atoms with Crippen LogP contribution >= 0.6 is 11.8 Å². The van der Waals surface area contributed by atoms with E-state index in [1.54, 1.807) is 0 Å². The smallest absolute Gasteiger partial charge is 0.107 e. The Morgan fingerprint density at radius 3 is 2.78 bits per heavy atom. The highest BCUT2D eigenvalue weighted by Crippen LogP contribution is 2.40. The first-order valence-corrected chi connectivity index (χ1v) is 7.30. The lowest BCUT2D eigenvalue weighted by atomic mass is 10.0. The molecule has 0 aromatic heterocycles. The fraction of sp³-hybridized carbons (Fsp3) is 0.533. The molecule has 3 heteroatoms. The molecule has 1 saturated carbocycles. The molecule has 1 aliphatic rings. The van der Waals surface area contributed by atoms with Crippen molar-refractivity contribution in [1.82, 2.24) is 5.32 Å². The fourth-order valence-corrected chi connectivity index (χ4v) is 3.95. The highest BCUT2D eigenvalue weighted by Gasteiger charge is 2.38. The number of aryl methyl sites for hydroxylation is 2. The zero-order valence-corrected chi connectivity index (χ0v) is 12.1. The molecule has 1 aromatic carbocycles. The van der Waals surface area contributed by atoms with Gasteiger partial charge in [0.05, 0.1) is 6.07 Å². The van der Waals surface area contributed by atoms with Gasteiger partial charge in [-0.2, -0.15) is 5.26 Å². The van der Waals surface area contributed by atoms with Crippen molar-refractivity contribution in [2.45, 2.75) is 48.8 Å². The van der Waals surface area contributed by atoms with Gasteiger partial charge >= 0.3 is 0 Å². The van der Waals surface area contributed by atoms with Crippen molar-refractivity contribution in [3.05, 3.63) is 29.3 Å². The minimum atomic E-state index is -0.295. The van der Waals surface area contributed by atoms with Gasteiger partial charge in [-0.1, -0.05) is 17.7 Å². The topological polar surface area (TPSA) is 35.8 Å². The standard InChI is InChI=1S/C15H20N2S/c1-11-4-5-14(12(2)8-11)18-13-6-7-15(9-13,10-16)17-3/h4-5,8,13,17H,6-7,9H2,1-3H3. The van der Waals surface area contributed by atoms with Crippen LogP contribution in [0.3, 0.4) is 0 Å². The van der Waals surface area contributed by atoms with Gasteiger partial charge in [0, 0.05) is 10.1 Å². The average Bonchev–Trinajstić information content (AvgIpc) is 2.77. The second kappa shape index (κ2) is 5.34. The molecule has 0 heterocycles. The molecule has 0 bridgehead atoms. The Bertz CT molecular complexity index is 478. The molecule has 0 radical (unpaired) electrons. The van der Waals surface area contributed by atoms with E-state index < -0.39 is 0 Å². The molecule has 18 heavy (non-hydrogen) atoms. The number of hydrogen-bond acceptors (Lipinski definition) is 3. The summed E-state index contributed by atoms with van der Waals surface area (Å²) in [4.78, 5) is 1.36. The summed E-state index contributed by atoms with van der Waals surface area (Å²) < 4.78 is 0. The summed E-state index contributed by atoms with van der Waals surface area (Å²) >= 11 is 1.93.